The maximum atomic E-state index is 4.55. The number of nitrogens with zero attached hydrogens (tertiary/aromatic N) is 2. The average Bonchev–Trinajstić information content (AvgIpc) is 2.82. The van der Waals surface area contributed by atoms with Crippen LogP contribution in [-0.2, 0) is 0 Å². The Morgan fingerprint density at radius 1 is 1.62 bits per heavy atom. The number of thioether (sulfide) groups is 1. The number of hydrogen-bond acceptors (Lipinski definition) is 5. The molecule has 1 aromatic rings. The molecule has 5 heteroatoms. The summed E-state index contributed by atoms with van der Waals surface area (Å²) in [6, 6.07) is 0.319. The van der Waals surface area contributed by atoms with Crippen molar-refractivity contribution in [3.05, 3.63) is 16.6 Å². The van der Waals surface area contributed by atoms with Crippen molar-refractivity contribution in [3.63, 3.8) is 0 Å². The third-order valence-corrected chi connectivity index (χ3v) is 4.65. The van der Waals surface area contributed by atoms with Gasteiger partial charge in [0.05, 0.1) is 6.04 Å². The maximum absolute atomic E-state index is 4.55. The fraction of sp³-hybridized carbons (Fsp3) is 0.636. The van der Waals surface area contributed by atoms with Crippen molar-refractivity contribution >= 4 is 28.3 Å². The van der Waals surface area contributed by atoms with E-state index in [0.29, 0.717) is 12.0 Å². The molecule has 0 amide bonds. The van der Waals surface area contributed by atoms with E-state index in [2.05, 4.69) is 29.1 Å². The van der Waals surface area contributed by atoms with Gasteiger partial charge < -0.3 is 5.32 Å². The summed E-state index contributed by atoms with van der Waals surface area (Å²) >= 11 is 3.53. The van der Waals surface area contributed by atoms with E-state index in [9.17, 15) is 0 Å². The summed E-state index contributed by atoms with van der Waals surface area (Å²) in [4.78, 5) is 8.91. The molecule has 0 saturated heterocycles. The second kappa shape index (κ2) is 5.68. The van der Waals surface area contributed by atoms with Gasteiger partial charge in [-0.1, -0.05) is 25.6 Å². The highest BCUT2D eigenvalue weighted by Crippen LogP contribution is 2.22. The maximum Gasteiger partial charge on any atom is 0.157 e. The van der Waals surface area contributed by atoms with Crippen LogP contribution in [0.15, 0.2) is 16.6 Å². The van der Waals surface area contributed by atoms with E-state index < -0.39 is 0 Å². The van der Waals surface area contributed by atoms with Crippen molar-refractivity contribution in [2.24, 2.45) is 10.9 Å². The molecule has 1 aliphatic rings. The lowest BCUT2D eigenvalue weighted by molar-refractivity contribution is 0.614. The van der Waals surface area contributed by atoms with Gasteiger partial charge in [-0.15, -0.1) is 11.3 Å². The van der Waals surface area contributed by atoms with Crippen molar-refractivity contribution in [1.29, 1.82) is 0 Å². The molecule has 0 aromatic carbocycles. The molecule has 1 N–H and O–H groups in total. The molecule has 1 aliphatic heterocycles. The summed E-state index contributed by atoms with van der Waals surface area (Å²) in [6.07, 6.45) is 2.91. The molecule has 3 nitrogen and oxygen atoms in total. The van der Waals surface area contributed by atoms with E-state index in [1.165, 1.54) is 5.75 Å². The fourth-order valence-corrected chi connectivity index (χ4v) is 3.25. The van der Waals surface area contributed by atoms with E-state index in [0.717, 1.165) is 23.1 Å². The highest BCUT2D eigenvalue weighted by Gasteiger charge is 2.17. The SMILES string of the molecule is CCC(NC1=NCC(C)CS1)c1nccs1. The third kappa shape index (κ3) is 2.98. The van der Waals surface area contributed by atoms with Crippen molar-refractivity contribution in [2.45, 2.75) is 26.3 Å². The highest BCUT2D eigenvalue weighted by molar-refractivity contribution is 8.13. The van der Waals surface area contributed by atoms with Gasteiger partial charge in [-0.05, 0) is 12.3 Å². The summed E-state index contributed by atoms with van der Waals surface area (Å²) in [5, 5.41) is 7.76. The number of hydrogen-bond donors (Lipinski definition) is 1. The lowest BCUT2D eigenvalue weighted by Crippen LogP contribution is -2.29. The summed E-state index contributed by atoms with van der Waals surface area (Å²) in [6.45, 7) is 5.37. The van der Waals surface area contributed by atoms with Crippen molar-refractivity contribution in [3.8, 4) is 0 Å². The zero-order valence-electron chi connectivity index (χ0n) is 9.64. The van der Waals surface area contributed by atoms with Crippen LogP contribution in [0.2, 0.25) is 0 Å². The molecule has 2 atom stereocenters. The Hall–Kier alpha value is -0.550. The second-order valence-electron chi connectivity index (χ2n) is 4.04. The predicted octanol–water partition coefficient (Wildman–Crippen LogP) is 2.92. The minimum Gasteiger partial charge on any atom is -0.356 e. The summed E-state index contributed by atoms with van der Waals surface area (Å²) in [7, 11) is 0. The van der Waals surface area contributed by atoms with Gasteiger partial charge in [0.15, 0.2) is 5.17 Å². The number of nitrogens with one attached hydrogen (secondary N) is 1. The molecule has 0 spiro atoms. The number of aliphatic imine (C=N–C) groups is 1. The monoisotopic (exact) mass is 255 g/mol. The molecule has 16 heavy (non-hydrogen) atoms. The highest BCUT2D eigenvalue weighted by atomic mass is 32.2. The molecule has 0 aliphatic carbocycles. The van der Waals surface area contributed by atoms with Gasteiger partial charge >= 0.3 is 0 Å². The van der Waals surface area contributed by atoms with Crippen LogP contribution in [0, 0.1) is 5.92 Å². The van der Waals surface area contributed by atoms with Crippen LogP contribution in [0.4, 0.5) is 0 Å². The van der Waals surface area contributed by atoms with Crippen LogP contribution in [0.3, 0.4) is 0 Å². The van der Waals surface area contributed by atoms with Gasteiger partial charge in [0.25, 0.3) is 0 Å². The summed E-state index contributed by atoms with van der Waals surface area (Å²) in [5.74, 6) is 1.87. The van der Waals surface area contributed by atoms with Gasteiger partial charge in [-0.2, -0.15) is 0 Å². The second-order valence-corrected chi connectivity index (χ2v) is 5.97. The van der Waals surface area contributed by atoms with Crippen LogP contribution >= 0.6 is 23.1 Å². The zero-order chi connectivity index (χ0) is 11.4. The first kappa shape index (κ1) is 11.9. The first-order valence-electron chi connectivity index (χ1n) is 5.62. The lowest BCUT2D eigenvalue weighted by Gasteiger charge is -2.21. The molecule has 2 heterocycles. The largest absolute Gasteiger partial charge is 0.356 e. The quantitative estimate of drug-likeness (QED) is 0.902. The van der Waals surface area contributed by atoms with Gasteiger partial charge in [0, 0.05) is 23.9 Å². The summed E-state index contributed by atoms with van der Waals surface area (Å²) in [5.41, 5.74) is 0. The third-order valence-electron chi connectivity index (χ3n) is 2.51. The Morgan fingerprint density at radius 3 is 3.06 bits per heavy atom. The number of amidine groups is 1. The topological polar surface area (TPSA) is 37.3 Å². The molecule has 1 aromatic heterocycles. The number of aromatic nitrogens is 1. The van der Waals surface area contributed by atoms with E-state index in [-0.39, 0.29) is 0 Å². The Morgan fingerprint density at radius 2 is 2.50 bits per heavy atom. The van der Waals surface area contributed by atoms with Crippen LogP contribution in [0.25, 0.3) is 0 Å². The predicted molar refractivity (Wildman–Crippen MR) is 72.2 cm³/mol. The first-order valence-corrected chi connectivity index (χ1v) is 7.49. The Bertz CT molecular complexity index is 348. The molecule has 2 unspecified atom stereocenters. The molecule has 0 bridgehead atoms. The van der Waals surface area contributed by atoms with Crippen LogP contribution in [0.1, 0.15) is 31.3 Å². The fourth-order valence-electron chi connectivity index (χ4n) is 1.54. The summed E-state index contributed by atoms with van der Waals surface area (Å²) < 4.78 is 0. The minimum atomic E-state index is 0.319. The van der Waals surface area contributed by atoms with Gasteiger partial charge in [0.2, 0.25) is 0 Å². The minimum absolute atomic E-state index is 0.319. The Kier molecular flexibility index (Phi) is 4.23. The van der Waals surface area contributed by atoms with Crippen LogP contribution in [0.5, 0.6) is 0 Å². The molecular formula is C11H17N3S2. The van der Waals surface area contributed by atoms with Gasteiger partial charge in [-0.25, -0.2) is 4.98 Å². The number of thiazole rings is 1. The Balaban J connectivity index is 1.97. The standard InChI is InChI=1S/C11H17N3S2/c1-3-9(10-12-4-5-15-10)14-11-13-6-8(2)7-16-11/h4-5,8-9H,3,6-7H2,1-2H3,(H,13,14). The van der Waals surface area contributed by atoms with E-state index in [1.807, 2.05) is 23.3 Å². The molecule has 0 fully saturated rings. The zero-order valence-corrected chi connectivity index (χ0v) is 11.3. The first-order chi connectivity index (χ1) is 7.79. The van der Waals surface area contributed by atoms with E-state index in [1.54, 1.807) is 11.3 Å². The lowest BCUT2D eigenvalue weighted by atomic mass is 10.2. The van der Waals surface area contributed by atoms with Crippen molar-refractivity contribution in [2.75, 3.05) is 12.3 Å². The molecule has 0 saturated carbocycles. The van der Waals surface area contributed by atoms with E-state index >= 15 is 0 Å². The molecule has 0 radical (unpaired) electrons. The van der Waals surface area contributed by atoms with E-state index in [4.69, 9.17) is 0 Å². The molecule has 88 valence electrons. The normalized spacial score (nSPS) is 22.6. The van der Waals surface area contributed by atoms with Gasteiger partial charge in [0.1, 0.15) is 5.01 Å². The molecular weight excluding hydrogens is 238 g/mol. The van der Waals surface area contributed by atoms with Crippen LogP contribution in [-0.4, -0.2) is 22.4 Å². The van der Waals surface area contributed by atoms with Crippen molar-refractivity contribution in [1.82, 2.24) is 10.3 Å². The van der Waals surface area contributed by atoms with Gasteiger partial charge in [-0.3, -0.25) is 4.99 Å². The smallest absolute Gasteiger partial charge is 0.157 e. The van der Waals surface area contributed by atoms with Crippen molar-refractivity contribution < 1.29 is 0 Å². The average molecular weight is 255 g/mol. The van der Waals surface area contributed by atoms with Crippen LogP contribution < -0.4 is 5.32 Å². The number of rotatable bonds is 3. The molecule has 2 rings (SSSR count). The Labute approximate surface area is 105 Å².